The fourth-order valence-corrected chi connectivity index (χ4v) is 1.88. The first-order valence-electron chi connectivity index (χ1n) is 4.85. The fourth-order valence-electron chi connectivity index (χ4n) is 1.88. The average Bonchev–Trinajstić information content (AvgIpc) is 2.70. The summed E-state index contributed by atoms with van der Waals surface area (Å²) in [5.74, 6) is 0.506. The van der Waals surface area contributed by atoms with Crippen molar-refractivity contribution in [1.29, 1.82) is 0 Å². The van der Waals surface area contributed by atoms with Gasteiger partial charge in [-0.3, -0.25) is 0 Å². The van der Waals surface area contributed by atoms with Crippen LogP contribution in [0.1, 0.15) is 17.9 Å². The third-order valence-electron chi connectivity index (χ3n) is 2.71. The normalized spacial score (nSPS) is 21.1. The summed E-state index contributed by atoms with van der Waals surface area (Å²) in [6, 6.07) is 5.22. The lowest BCUT2D eigenvalue weighted by Gasteiger charge is -2.10. The van der Waals surface area contributed by atoms with Crippen LogP contribution >= 0.6 is 0 Å². The second-order valence-corrected chi connectivity index (χ2v) is 3.58. The van der Waals surface area contributed by atoms with E-state index >= 15 is 0 Å². The van der Waals surface area contributed by atoms with E-state index in [0.29, 0.717) is 11.7 Å². The zero-order chi connectivity index (χ0) is 9.97. The van der Waals surface area contributed by atoms with Gasteiger partial charge >= 0.3 is 0 Å². The van der Waals surface area contributed by atoms with Gasteiger partial charge in [0.25, 0.3) is 0 Å². The highest BCUT2D eigenvalue weighted by Crippen LogP contribution is 2.26. The van der Waals surface area contributed by atoms with E-state index < -0.39 is 0 Å². The van der Waals surface area contributed by atoms with Crippen molar-refractivity contribution in [3.8, 4) is 5.75 Å². The number of halogens is 1. The minimum absolute atomic E-state index is 0.267. The van der Waals surface area contributed by atoms with E-state index in [1.54, 1.807) is 12.1 Å². The maximum absolute atomic E-state index is 13.4. The molecular formula is C11H14FNO. The summed E-state index contributed by atoms with van der Waals surface area (Å²) in [5, 5.41) is 3.27. The maximum atomic E-state index is 13.4. The molecular weight excluding hydrogens is 181 g/mol. The SMILES string of the molecule is COc1ccc([C@H]2CCNC2)cc1F. The number of methoxy groups -OCH3 is 1. The zero-order valence-electron chi connectivity index (χ0n) is 8.22. The monoisotopic (exact) mass is 195 g/mol. The first kappa shape index (κ1) is 9.46. The summed E-state index contributed by atoms with van der Waals surface area (Å²) in [6.07, 6.45) is 1.09. The quantitative estimate of drug-likeness (QED) is 0.778. The molecule has 2 rings (SSSR count). The molecule has 14 heavy (non-hydrogen) atoms. The Morgan fingerprint density at radius 1 is 1.50 bits per heavy atom. The molecule has 0 unspecified atom stereocenters. The lowest BCUT2D eigenvalue weighted by Crippen LogP contribution is -2.08. The number of rotatable bonds is 2. The highest BCUT2D eigenvalue weighted by molar-refractivity contribution is 5.31. The lowest BCUT2D eigenvalue weighted by atomic mass is 9.98. The minimum Gasteiger partial charge on any atom is -0.494 e. The average molecular weight is 195 g/mol. The van der Waals surface area contributed by atoms with Gasteiger partial charge in [0.2, 0.25) is 0 Å². The third kappa shape index (κ3) is 1.73. The predicted molar refractivity (Wildman–Crippen MR) is 53.2 cm³/mol. The van der Waals surface area contributed by atoms with Gasteiger partial charge < -0.3 is 10.1 Å². The summed E-state index contributed by atoms with van der Waals surface area (Å²) in [6.45, 7) is 1.98. The van der Waals surface area contributed by atoms with Crippen LogP contribution in [0.15, 0.2) is 18.2 Å². The van der Waals surface area contributed by atoms with Crippen molar-refractivity contribution in [2.24, 2.45) is 0 Å². The molecule has 0 radical (unpaired) electrons. The second kappa shape index (κ2) is 3.96. The van der Waals surface area contributed by atoms with Crippen LogP contribution in [-0.2, 0) is 0 Å². The van der Waals surface area contributed by atoms with Crippen LogP contribution in [-0.4, -0.2) is 20.2 Å². The maximum Gasteiger partial charge on any atom is 0.165 e. The smallest absolute Gasteiger partial charge is 0.165 e. The Balaban J connectivity index is 2.23. The van der Waals surface area contributed by atoms with Crippen molar-refractivity contribution in [3.05, 3.63) is 29.6 Å². The van der Waals surface area contributed by atoms with Crippen molar-refractivity contribution >= 4 is 0 Å². The van der Waals surface area contributed by atoms with Crippen molar-refractivity contribution in [2.45, 2.75) is 12.3 Å². The van der Waals surface area contributed by atoms with E-state index in [0.717, 1.165) is 25.1 Å². The van der Waals surface area contributed by atoms with Crippen LogP contribution in [0, 0.1) is 5.82 Å². The van der Waals surface area contributed by atoms with E-state index in [1.807, 2.05) is 6.07 Å². The van der Waals surface area contributed by atoms with Gasteiger partial charge in [0, 0.05) is 6.54 Å². The Labute approximate surface area is 83.1 Å². The Kier molecular flexibility index (Phi) is 2.68. The summed E-state index contributed by atoms with van der Waals surface area (Å²) in [4.78, 5) is 0. The van der Waals surface area contributed by atoms with Gasteiger partial charge in [0.1, 0.15) is 0 Å². The van der Waals surface area contributed by atoms with Gasteiger partial charge in [-0.25, -0.2) is 4.39 Å². The van der Waals surface area contributed by atoms with Crippen LogP contribution < -0.4 is 10.1 Å². The predicted octanol–water partition coefficient (Wildman–Crippen LogP) is 1.91. The summed E-state index contributed by atoms with van der Waals surface area (Å²) >= 11 is 0. The molecule has 3 heteroatoms. The molecule has 1 N–H and O–H groups in total. The van der Waals surface area contributed by atoms with E-state index in [2.05, 4.69) is 5.32 Å². The van der Waals surface area contributed by atoms with Crippen LogP contribution in [0.4, 0.5) is 4.39 Å². The number of hydrogen-bond donors (Lipinski definition) is 1. The van der Waals surface area contributed by atoms with Gasteiger partial charge in [-0.2, -0.15) is 0 Å². The molecule has 1 fully saturated rings. The molecule has 1 atom stereocenters. The molecule has 1 aromatic rings. The Hall–Kier alpha value is -1.09. The molecule has 0 bridgehead atoms. The second-order valence-electron chi connectivity index (χ2n) is 3.58. The van der Waals surface area contributed by atoms with E-state index in [-0.39, 0.29) is 5.82 Å². The zero-order valence-corrected chi connectivity index (χ0v) is 8.22. The molecule has 1 aromatic carbocycles. The van der Waals surface area contributed by atoms with Crippen molar-refractivity contribution in [2.75, 3.05) is 20.2 Å². The van der Waals surface area contributed by atoms with Crippen LogP contribution in [0.25, 0.3) is 0 Å². The van der Waals surface area contributed by atoms with Gasteiger partial charge in [-0.1, -0.05) is 6.07 Å². The van der Waals surface area contributed by atoms with Gasteiger partial charge in [-0.15, -0.1) is 0 Å². The fraction of sp³-hybridized carbons (Fsp3) is 0.455. The van der Waals surface area contributed by atoms with E-state index in [1.165, 1.54) is 7.11 Å². The molecule has 1 aliphatic heterocycles. The molecule has 76 valence electrons. The molecule has 1 aliphatic rings. The summed E-state index contributed by atoms with van der Waals surface area (Å²) in [5.41, 5.74) is 1.06. The minimum atomic E-state index is -0.267. The number of nitrogens with one attached hydrogen (secondary N) is 1. The van der Waals surface area contributed by atoms with E-state index in [9.17, 15) is 4.39 Å². The van der Waals surface area contributed by atoms with Gasteiger partial charge in [0.15, 0.2) is 11.6 Å². The van der Waals surface area contributed by atoms with Crippen LogP contribution in [0.3, 0.4) is 0 Å². The molecule has 0 saturated carbocycles. The molecule has 0 aliphatic carbocycles. The van der Waals surface area contributed by atoms with Crippen molar-refractivity contribution in [3.63, 3.8) is 0 Å². The van der Waals surface area contributed by atoms with Gasteiger partial charge in [-0.05, 0) is 36.6 Å². The van der Waals surface area contributed by atoms with Crippen molar-refractivity contribution < 1.29 is 9.13 Å². The molecule has 0 amide bonds. The molecule has 1 heterocycles. The Morgan fingerprint density at radius 3 is 2.93 bits per heavy atom. The molecule has 2 nitrogen and oxygen atoms in total. The molecule has 0 spiro atoms. The largest absolute Gasteiger partial charge is 0.494 e. The lowest BCUT2D eigenvalue weighted by molar-refractivity contribution is 0.386. The third-order valence-corrected chi connectivity index (χ3v) is 2.71. The summed E-state index contributed by atoms with van der Waals surface area (Å²) in [7, 11) is 1.48. The highest BCUT2D eigenvalue weighted by Gasteiger charge is 2.17. The van der Waals surface area contributed by atoms with Crippen LogP contribution in [0.2, 0.25) is 0 Å². The summed E-state index contributed by atoms with van der Waals surface area (Å²) < 4.78 is 18.2. The van der Waals surface area contributed by atoms with E-state index in [4.69, 9.17) is 4.74 Å². The number of benzene rings is 1. The topological polar surface area (TPSA) is 21.3 Å². The first-order chi connectivity index (χ1) is 6.81. The highest BCUT2D eigenvalue weighted by atomic mass is 19.1. The Bertz CT molecular complexity index is 321. The van der Waals surface area contributed by atoms with Gasteiger partial charge in [0.05, 0.1) is 7.11 Å². The van der Waals surface area contributed by atoms with Crippen molar-refractivity contribution in [1.82, 2.24) is 5.32 Å². The molecule has 0 aromatic heterocycles. The van der Waals surface area contributed by atoms with Crippen LogP contribution in [0.5, 0.6) is 5.75 Å². The standard InChI is InChI=1S/C11H14FNO/c1-14-11-3-2-8(6-10(11)12)9-4-5-13-7-9/h2-3,6,9,13H,4-5,7H2,1H3/t9-/m0/s1. The first-order valence-corrected chi connectivity index (χ1v) is 4.85. The Morgan fingerprint density at radius 2 is 2.36 bits per heavy atom. The number of hydrogen-bond acceptors (Lipinski definition) is 2. The molecule has 1 saturated heterocycles. The number of ether oxygens (including phenoxy) is 1.